The van der Waals surface area contributed by atoms with E-state index in [1.165, 1.54) is 0 Å². The zero-order valence-electron chi connectivity index (χ0n) is 14.8. The Morgan fingerprint density at radius 2 is 1.96 bits per heavy atom. The minimum Gasteiger partial charge on any atom is -0.493 e. The van der Waals surface area contributed by atoms with Crippen LogP contribution in [-0.4, -0.2) is 18.6 Å². The highest BCUT2D eigenvalue weighted by Crippen LogP contribution is 2.24. The maximum Gasteiger partial charge on any atom is 0.251 e. The van der Waals surface area contributed by atoms with Crippen LogP contribution in [0, 0.1) is 0 Å². The summed E-state index contributed by atoms with van der Waals surface area (Å²) in [6, 6.07) is 12.7. The van der Waals surface area contributed by atoms with Gasteiger partial charge in [-0.05, 0) is 56.7 Å². The summed E-state index contributed by atoms with van der Waals surface area (Å²) < 4.78 is 11.4. The Morgan fingerprint density at radius 1 is 1.16 bits per heavy atom. The Balaban J connectivity index is 2.18. The average Bonchev–Trinajstić information content (AvgIpc) is 2.61. The number of ether oxygens (including phenoxy) is 2. The first-order valence-corrected chi connectivity index (χ1v) is 8.86. The molecule has 0 bridgehead atoms. The molecule has 134 valence electrons. The fourth-order valence-electron chi connectivity index (χ4n) is 2.26. The number of hydrogen-bond acceptors (Lipinski definition) is 3. The molecule has 1 N–H and O–H groups in total. The van der Waals surface area contributed by atoms with Crippen molar-refractivity contribution >= 4 is 17.5 Å². The van der Waals surface area contributed by atoms with Gasteiger partial charge in [-0.1, -0.05) is 24.6 Å². The Labute approximate surface area is 154 Å². The van der Waals surface area contributed by atoms with E-state index in [0.717, 1.165) is 12.0 Å². The molecule has 2 aromatic carbocycles. The van der Waals surface area contributed by atoms with Gasteiger partial charge in [-0.3, -0.25) is 4.79 Å². The molecule has 0 aliphatic heterocycles. The van der Waals surface area contributed by atoms with Gasteiger partial charge >= 0.3 is 0 Å². The second kappa shape index (κ2) is 9.33. The normalized spacial score (nSPS) is 11.7. The van der Waals surface area contributed by atoms with E-state index < -0.39 is 0 Å². The summed E-state index contributed by atoms with van der Waals surface area (Å²) in [5, 5.41) is 3.58. The lowest BCUT2D eigenvalue weighted by atomic mass is 10.1. The molecule has 0 spiro atoms. The third-order valence-corrected chi connectivity index (χ3v) is 4.04. The number of carbonyl (C=O) groups excluding carboxylic acids is 1. The number of benzene rings is 2. The van der Waals surface area contributed by atoms with E-state index >= 15 is 0 Å². The maximum absolute atomic E-state index is 12.3. The zero-order valence-corrected chi connectivity index (χ0v) is 15.6. The molecule has 2 aromatic rings. The Hall–Kier alpha value is -2.20. The predicted octanol–water partition coefficient (Wildman–Crippen LogP) is 4.85. The van der Waals surface area contributed by atoms with Crippen molar-refractivity contribution in [2.45, 2.75) is 39.8 Å². The van der Waals surface area contributed by atoms with Gasteiger partial charge < -0.3 is 14.8 Å². The first kappa shape index (κ1) is 19.1. The molecule has 4 nitrogen and oxygen atoms in total. The van der Waals surface area contributed by atoms with Crippen molar-refractivity contribution in [3.05, 3.63) is 58.6 Å². The first-order valence-electron chi connectivity index (χ1n) is 8.48. The summed E-state index contributed by atoms with van der Waals surface area (Å²) in [5.41, 5.74) is 1.41. The van der Waals surface area contributed by atoms with Crippen molar-refractivity contribution in [3.8, 4) is 11.5 Å². The van der Waals surface area contributed by atoms with Gasteiger partial charge in [-0.2, -0.15) is 0 Å². The second-order valence-corrected chi connectivity index (χ2v) is 6.22. The number of carbonyl (C=O) groups is 1. The lowest BCUT2D eigenvalue weighted by molar-refractivity contribution is 0.0939. The monoisotopic (exact) mass is 361 g/mol. The van der Waals surface area contributed by atoms with Crippen molar-refractivity contribution in [2.24, 2.45) is 0 Å². The predicted molar refractivity (Wildman–Crippen MR) is 101 cm³/mol. The quantitative estimate of drug-likeness (QED) is 0.731. The minimum absolute atomic E-state index is 0.0959. The Bertz CT molecular complexity index is 718. The van der Waals surface area contributed by atoms with Gasteiger partial charge in [-0.25, -0.2) is 0 Å². The summed E-state index contributed by atoms with van der Waals surface area (Å²) in [5.74, 6) is 1.29. The Kier molecular flexibility index (Phi) is 7.14. The van der Waals surface area contributed by atoms with Crippen LogP contribution in [0.15, 0.2) is 42.5 Å². The highest BCUT2D eigenvalue weighted by molar-refractivity contribution is 6.30. The van der Waals surface area contributed by atoms with Gasteiger partial charge in [-0.15, -0.1) is 0 Å². The van der Waals surface area contributed by atoms with E-state index in [1.54, 1.807) is 18.2 Å². The standard InChI is InChI=1S/C20H24ClNO3/c1-4-14(3)22-20(23)15-9-10-19(24-5-2)16(11-15)13-25-18-8-6-7-17(21)12-18/h6-12,14H,4-5,13H2,1-3H3,(H,22,23)/t14-/m0/s1. The summed E-state index contributed by atoms with van der Waals surface area (Å²) in [6.45, 7) is 6.77. The van der Waals surface area contributed by atoms with Crippen molar-refractivity contribution in [2.75, 3.05) is 6.61 Å². The minimum atomic E-state index is -0.0959. The van der Waals surface area contributed by atoms with Crippen LogP contribution in [0.25, 0.3) is 0 Å². The van der Waals surface area contributed by atoms with E-state index in [4.69, 9.17) is 21.1 Å². The molecular formula is C20H24ClNO3. The molecule has 0 heterocycles. The number of rotatable bonds is 8. The van der Waals surface area contributed by atoms with E-state index in [2.05, 4.69) is 5.32 Å². The summed E-state index contributed by atoms with van der Waals surface area (Å²) in [6.07, 6.45) is 0.882. The average molecular weight is 362 g/mol. The summed E-state index contributed by atoms with van der Waals surface area (Å²) >= 11 is 5.98. The molecule has 25 heavy (non-hydrogen) atoms. The van der Waals surface area contributed by atoms with Crippen LogP contribution in [0.3, 0.4) is 0 Å². The molecule has 0 saturated heterocycles. The molecule has 0 unspecified atom stereocenters. The topological polar surface area (TPSA) is 47.6 Å². The van der Waals surface area contributed by atoms with E-state index in [1.807, 2.05) is 45.0 Å². The molecule has 2 rings (SSSR count). The lowest BCUT2D eigenvalue weighted by Gasteiger charge is -2.15. The van der Waals surface area contributed by atoms with Crippen LogP contribution in [0.4, 0.5) is 0 Å². The largest absolute Gasteiger partial charge is 0.493 e. The van der Waals surface area contributed by atoms with Gasteiger partial charge in [0.2, 0.25) is 0 Å². The van der Waals surface area contributed by atoms with Crippen LogP contribution in [-0.2, 0) is 6.61 Å². The van der Waals surface area contributed by atoms with Crippen LogP contribution in [0.5, 0.6) is 11.5 Å². The Morgan fingerprint density at radius 3 is 2.64 bits per heavy atom. The van der Waals surface area contributed by atoms with E-state index in [0.29, 0.717) is 35.3 Å². The van der Waals surface area contributed by atoms with Gasteiger partial charge in [0.1, 0.15) is 18.1 Å². The van der Waals surface area contributed by atoms with Gasteiger partial charge in [0.15, 0.2) is 0 Å². The van der Waals surface area contributed by atoms with Gasteiger partial charge in [0.05, 0.1) is 6.61 Å². The third-order valence-electron chi connectivity index (χ3n) is 3.80. The van der Waals surface area contributed by atoms with Crippen LogP contribution < -0.4 is 14.8 Å². The fraction of sp³-hybridized carbons (Fsp3) is 0.350. The van der Waals surface area contributed by atoms with E-state index in [9.17, 15) is 4.79 Å². The second-order valence-electron chi connectivity index (χ2n) is 5.78. The molecule has 1 atom stereocenters. The summed E-state index contributed by atoms with van der Waals surface area (Å²) in [4.78, 5) is 12.3. The SMILES string of the molecule is CCOc1ccc(C(=O)N[C@@H](C)CC)cc1COc1cccc(Cl)c1. The molecule has 5 heteroatoms. The van der Waals surface area contributed by atoms with Gasteiger partial charge in [0, 0.05) is 22.2 Å². The molecule has 0 aromatic heterocycles. The molecular weight excluding hydrogens is 338 g/mol. The fourth-order valence-corrected chi connectivity index (χ4v) is 2.44. The van der Waals surface area contributed by atoms with Crippen molar-refractivity contribution < 1.29 is 14.3 Å². The molecule has 0 fully saturated rings. The first-order chi connectivity index (χ1) is 12.0. The van der Waals surface area contributed by atoms with Crippen molar-refractivity contribution in [3.63, 3.8) is 0 Å². The third kappa shape index (κ3) is 5.68. The smallest absolute Gasteiger partial charge is 0.251 e. The molecule has 0 aliphatic carbocycles. The van der Waals surface area contributed by atoms with Crippen LogP contribution >= 0.6 is 11.6 Å². The molecule has 0 radical (unpaired) electrons. The molecule has 1 amide bonds. The summed E-state index contributed by atoms with van der Waals surface area (Å²) in [7, 11) is 0. The van der Waals surface area contributed by atoms with E-state index in [-0.39, 0.29) is 11.9 Å². The molecule has 0 aliphatic rings. The number of amides is 1. The highest BCUT2D eigenvalue weighted by atomic mass is 35.5. The number of halogens is 1. The lowest BCUT2D eigenvalue weighted by Crippen LogP contribution is -2.32. The zero-order chi connectivity index (χ0) is 18.2. The number of nitrogens with one attached hydrogen (secondary N) is 1. The highest BCUT2D eigenvalue weighted by Gasteiger charge is 2.13. The van der Waals surface area contributed by atoms with Crippen LogP contribution in [0.2, 0.25) is 5.02 Å². The van der Waals surface area contributed by atoms with Gasteiger partial charge in [0.25, 0.3) is 5.91 Å². The van der Waals surface area contributed by atoms with Crippen LogP contribution in [0.1, 0.15) is 43.1 Å². The maximum atomic E-state index is 12.3. The van der Waals surface area contributed by atoms with Crippen molar-refractivity contribution in [1.29, 1.82) is 0 Å². The van der Waals surface area contributed by atoms with Crippen molar-refractivity contribution in [1.82, 2.24) is 5.32 Å². The molecule has 0 saturated carbocycles. The number of hydrogen-bond donors (Lipinski definition) is 1.